The molecule has 1 aliphatic heterocycles. The maximum absolute atomic E-state index is 9.25. The molecular weight excluding hydrogens is 228 g/mol. The van der Waals surface area contributed by atoms with E-state index in [1.807, 2.05) is 18.3 Å². The molecule has 0 spiro atoms. The summed E-state index contributed by atoms with van der Waals surface area (Å²) in [5.74, 6) is 2.33. The fraction of sp³-hybridized carbons (Fsp3) is 0.357. The average Bonchev–Trinajstić information content (AvgIpc) is 2.90. The summed E-state index contributed by atoms with van der Waals surface area (Å²) in [5.41, 5.74) is 0.896. The Hall–Kier alpha value is -1.81. The largest absolute Gasteiger partial charge is 0.508 e. The van der Waals surface area contributed by atoms with Crippen LogP contribution in [-0.2, 0) is 0 Å². The molecule has 0 radical (unpaired) electrons. The van der Waals surface area contributed by atoms with E-state index in [0.29, 0.717) is 11.8 Å². The SMILES string of the molecule is Oc1ccc(-c2ncc(C3CCNCC3)o2)cc1. The quantitative estimate of drug-likeness (QED) is 0.852. The molecule has 0 amide bonds. The van der Waals surface area contributed by atoms with Gasteiger partial charge in [0.1, 0.15) is 11.5 Å². The molecule has 2 N–H and O–H groups in total. The minimum Gasteiger partial charge on any atom is -0.508 e. The van der Waals surface area contributed by atoms with Gasteiger partial charge >= 0.3 is 0 Å². The first kappa shape index (κ1) is 11.3. The Morgan fingerprint density at radius 1 is 1.17 bits per heavy atom. The van der Waals surface area contributed by atoms with Crippen molar-refractivity contribution in [2.45, 2.75) is 18.8 Å². The van der Waals surface area contributed by atoms with Crippen molar-refractivity contribution in [1.82, 2.24) is 10.3 Å². The lowest BCUT2D eigenvalue weighted by atomic mass is 9.96. The van der Waals surface area contributed by atoms with Crippen LogP contribution in [0.25, 0.3) is 11.5 Å². The van der Waals surface area contributed by atoms with Crippen LogP contribution in [0.3, 0.4) is 0 Å². The fourth-order valence-corrected chi connectivity index (χ4v) is 2.32. The second kappa shape index (κ2) is 4.82. The van der Waals surface area contributed by atoms with Crippen LogP contribution in [0.15, 0.2) is 34.9 Å². The predicted molar refractivity (Wildman–Crippen MR) is 68.4 cm³/mol. The predicted octanol–water partition coefficient (Wildman–Crippen LogP) is 2.51. The Morgan fingerprint density at radius 2 is 1.89 bits per heavy atom. The van der Waals surface area contributed by atoms with Crippen molar-refractivity contribution in [3.8, 4) is 17.2 Å². The molecule has 1 aliphatic rings. The molecule has 0 atom stereocenters. The molecule has 2 heterocycles. The van der Waals surface area contributed by atoms with Crippen LogP contribution >= 0.6 is 0 Å². The normalized spacial score (nSPS) is 16.9. The summed E-state index contributed by atoms with van der Waals surface area (Å²) in [6.07, 6.45) is 4.03. The zero-order valence-corrected chi connectivity index (χ0v) is 10.1. The number of phenols is 1. The minimum absolute atomic E-state index is 0.254. The molecule has 0 unspecified atom stereocenters. The smallest absolute Gasteiger partial charge is 0.226 e. The lowest BCUT2D eigenvalue weighted by molar-refractivity contribution is 0.390. The number of aromatic hydroxyl groups is 1. The Morgan fingerprint density at radius 3 is 2.61 bits per heavy atom. The zero-order chi connectivity index (χ0) is 12.4. The third-order valence-electron chi connectivity index (χ3n) is 3.38. The van der Waals surface area contributed by atoms with E-state index >= 15 is 0 Å². The summed E-state index contributed by atoms with van der Waals surface area (Å²) in [7, 11) is 0. The van der Waals surface area contributed by atoms with E-state index in [1.54, 1.807) is 12.1 Å². The molecule has 3 rings (SSSR count). The number of hydrogen-bond donors (Lipinski definition) is 2. The van der Waals surface area contributed by atoms with Gasteiger partial charge in [0.25, 0.3) is 0 Å². The number of aromatic nitrogens is 1. The van der Waals surface area contributed by atoms with E-state index in [0.717, 1.165) is 37.3 Å². The third kappa shape index (κ3) is 2.24. The van der Waals surface area contributed by atoms with Gasteiger partial charge in [0.05, 0.1) is 6.20 Å². The van der Waals surface area contributed by atoms with Crippen LogP contribution in [0, 0.1) is 0 Å². The number of piperidine rings is 1. The number of oxazole rings is 1. The monoisotopic (exact) mass is 244 g/mol. The molecule has 2 aromatic rings. The van der Waals surface area contributed by atoms with Gasteiger partial charge in [0.15, 0.2) is 0 Å². The molecule has 1 aromatic heterocycles. The van der Waals surface area contributed by atoms with Gasteiger partial charge in [-0.05, 0) is 50.2 Å². The van der Waals surface area contributed by atoms with Crippen molar-refractivity contribution in [2.24, 2.45) is 0 Å². The molecule has 0 bridgehead atoms. The maximum Gasteiger partial charge on any atom is 0.226 e. The van der Waals surface area contributed by atoms with Gasteiger partial charge in [0, 0.05) is 11.5 Å². The standard InChI is InChI=1S/C14H16N2O2/c17-12-3-1-11(2-4-12)14-16-9-13(18-14)10-5-7-15-8-6-10/h1-4,9-10,15,17H,5-8H2. The van der Waals surface area contributed by atoms with Gasteiger partial charge < -0.3 is 14.8 Å². The molecule has 18 heavy (non-hydrogen) atoms. The summed E-state index contributed by atoms with van der Waals surface area (Å²) in [4.78, 5) is 4.32. The van der Waals surface area contributed by atoms with Crippen molar-refractivity contribution in [2.75, 3.05) is 13.1 Å². The first-order chi connectivity index (χ1) is 8.83. The van der Waals surface area contributed by atoms with E-state index in [2.05, 4.69) is 10.3 Å². The van der Waals surface area contributed by atoms with Crippen LogP contribution in [0.2, 0.25) is 0 Å². The number of benzene rings is 1. The van der Waals surface area contributed by atoms with Gasteiger partial charge in [-0.2, -0.15) is 0 Å². The Balaban J connectivity index is 1.82. The summed E-state index contributed by atoms with van der Waals surface area (Å²) in [6.45, 7) is 2.08. The van der Waals surface area contributed by atoms with E-state index in [1.165, 1.54) is 0 Å². The summed E-state index contributed by atoms with van der Waals surface area (Å²) < 4.78 is 5.83. The van der Waals surface area contributed by atoms with Crippen molar-refractivity contribution >= 4 is 0 Å². The topological polar surface area (TPSA) is 58.3 Å². The first-order valence-electron chi connectivity index (χ1n) is 6.29. The second-order valence-corrected chi connectivity index (χ2v) is 4.64. The van der Waals surface area contributed by atoms with Crippen LogP contribution < -0.4 is 5.32 Å². The molecular formula is C14H16N2O2. The van der Waals surface area contributed by atoms with E-state index in [9.17, 15) is 5.11 Å². The van der Waals surface area contributed by atoms with Crippen molar-refractivity contribution in [3.05, 3.63) is 36.2 Å². The molecule has 1 fully saturated rings. The van der Waals surface area contributed by atoms with Gasteiger partial charge in [-0.15, -0.1) is 0 Å². The Kier molecular flexibility index (Phi) is 3.02. The van der Waals surface area contributed by atoms with E-state index < -0.39 is 0 Å². The summed E-state index contributed by atoms with van der Waals surface area (Å²) >= 11 is 0. The van der Waals surface area contributed by atoms with Gasteiger partial charge in [-0.3, -0.25) is 0 Å². The fourth-order valence-electron chi connectivity index (χ4n) is 2.32. The first-order valence-corrected chi connectivity index (χ1v) is 6.29. The molecule has 94 valence electrons. The highest BCUT2D eigenvalue weighted by atomic mass is 16.4. The zero-order valence-electron chi connectivity index (χ0n) is 10.1. The highest BCUT2D eigenvalue weighted by molar-refractivity contribution is 5.54. The van der Waals surface area contributed by atoms with Crippen LogP contribution in [0.5, 0.6) is 5.75 Å². The van der Waals surface area contributed by atoms with Gasteiger partial charge in [-0.25, -0.2) is 4.98 Å². The Bertz CT molecular complexity index is 513. The summed E-state index contributed by atoms with van der Waals surface area (Å²) in [6, 6.07) is 6.91. The van der Waals surface area contributed by atoms with Crippen molar-refractivity contribution in [1.29, 1.82) is 0 Å². The average molecular weight is 244 g/mol. The highest BCUT2D eigenvalue weighted by Gasteiger charge is 2.19. The number of hydrogen-bond acceptors (Lipinski definition) is 4. The van der Waals surface area contributed by atoms with Crippen molar-refractivity contribution < 1.29 is 9.52 Å². The number of rotatable bonds is 2. The van der Waals surface area contributed by atoms with E-state index in [4.69, 9.17) is 4.42 Å². The molecule has 1 aromatic carbocycles. The minimum atomic E-state index is 0.254. The van der Waals surface area contributed by atoms with Crippen molar-refractivity contribution in [3.63, 3.8) is 0 Å². The Labute approximate surface area is 106 Å². The highest BCUT2D eigenvalue weighted by Crippen LogP contribution is 2.29. The van der Waals surface area contributed by atoms with Crippen LogP contribution in [-0.4, -0.2) is 23.2 Å². The molecule has 4 heteroatoms. The second-order valence-electron chi connectivity index (χ2n) is 4.64. The number of nitrogens with one attached hydrogen (secondary N) is 1. The molecule has 1 saturated heterocycles. The third-order valence-corrected chi connectivity index (χ3v) is 3.38. The molecule has 4 nitrogen and oxygen atoms in total. The molecule has 0 aliphatic carbocycles. The van der Waals surface area contributed by atoms with Crippen LogP contribution in [0.1, 0.15) is 24.5 Å². The summed E-state index contributed by atoms with van der Waals surface area (Å²) in [5, 5.41) is 12.6. The van der Waals surface area contributed by atoms with Gasteiger partial charge in [-0.1, -0.05) is 0 Å². The number of nitrogens with zero attached hydrogens (tertiary/aromatic N) is 1. The van der Waals surface area contributed by atoms with E-state index in [-0.39, 0.29) is 5.75 Å². The molecule has 0 saturated carbocycles. The van der Waals surface area contributed by atoms with Crippen LogP contribution in [0.4, 0.5) is 0 Å². The lowest BCUT2D eigenvalue weighted by Crippen LogP contribution is -2.26. The number of phenolic OH excluding ortho intramolecular Hbond substituents is 1. The maximum atomic E-state index is 9.25. The van der Waals surface area contributed by atoms with Gasteiger partial charge in [0.2, 0.25) is 5.89 Å². The lowest BCUT2D eigenvalue weighted by Gasteiger charge is -2.19.